The standard InChI is InChI=1S/C12H10F6NO2/c1-19(10(20)21-2)6-7-3-4-8(11(13,14)15)5-9(7)12(16,17)18/h3-5H,1,6H2,2H3. The molecule has 1 amide bonds. The van der Waals surface area contributed by atoms with Crippen LogP contribution in [0.25, 0.3) is 0 Å². The molecule has 0 unspecified atom stereocenters. The fourth-order valence-electron chi connectivity index (χ4n) is 1.55. The zero-order valence-electron chi connectivity index (χ0n) is 10.7. The largest absolute Gasteiger partial charge is 0.453 e. The fraction of sp³-hybridized carbons (Fsp3) is 0.333. The van der Waals surface area contributed by atoms with E-state index < -0.39 is 41.7 Å². The van der Waals surface area contributed by atoms with E-state index in [0.29, 0.717) is 17.0 Å². The number of hydrogen-bond donors (Lipinski definition) is 0. The highest BCUT2D eigenvalue weighted by atomic mass is 19.4. The Morgan fingerprint density at radius 2 is 1.76 bits per heavy atom. The predicted molar refractivity (Wildman–Crippen MR) is 59.8 cm³/mol. The van der Waals surface area contributed by atoms with Crippen LogP contribution < -0.4 is 0 Å². The lowest BCUT2D eigenvalue weighted by atomic mass is 10.0. The molecule has 0 heterocycles. The molecule has 1 aromatic carbocycles. The first kappa shape index (κ1) is 17.1. The number of amides is 1. The van der Waals surface area contributed by atoms with Gasteiger partial charge in [-0.3, -0.25) is 0 Å². The van der Waals surface area contributed by atoms with Crippen LogP contribution in [0.3, 0.4) is 0 Å². The number of carbonyl (C=O) groups is 1. The van der Waals surface area contributed by atoms with Crippen molar-refractivity contribution in [3.05, 3.63) is 41.9 Å². The van der Waals surface area contributed by atoms with Crippen molar-refractivity contribution in [3.63, 3.8) is 0 Å². The lowest BCUT2D eigenvalue weighted by molar-refractivity contribution is -0.143. The van der Waals surface area contributed by atoms with Gasteiger partial charge in [-0.1, -0.05) is 6.07 Å². The van der Waals surface area contributed by atoms with E-state index in [2.05, 4.69) is 11.8 Å². The molecule has 0 N–H and O–H groups in total. The zero-order valence-corrected chi connectivity index (χ0v) is 10.7. The van der Waals surface area contributed by atoms with Crippen molar-refractivity contribution in [2.75, 3.05) is 7.11 Å². The molecule has 0 aliphatic rings. The summed E-state index contributed by atoms with van der Waals surface area (Å²) in [5, 5.41) is 0. The number of ether oxygens (including phenoxy) is 1. The number of rotatable bonds is 2. The van der Waals surface area contributed by atoms with Crippen molar-refractivity contribution >= 4 is 6.09 Å². The maximum atomic E-state index is 12.8. The van der Waals surface area contributed by atoms with Crippen LogP contribution in [0.5, 0.6) is 0 Å². The first-order chi connectivity index (χ1) is 9.46. The van der Waals surface area contributed by atoms with Crippen molar-refractivity contribution in [2.24, 2.45) is 0 Å². The van der Waals surface area contributed by atoms with Gasteiger partial charge in [-0.05, 0) is 17.7 Å². The summed E-state index contributed by atoms with van der Waals surface area (Å²) in [6, 6.07) is 1.17. The summed E-state index contributed by atoms with van der Waals surface area (Å²) in [5.74, 6) is 0. The van der Waals surface area contributed by atoms with Crippen molar-refractivity contribution in [3.8, 4) is 0 Å². The quantitative estimate of drug-likeness (QED) is 0.770. The van der Waals surface area contributed by atoms with E-state index in [9.17, 15) is 31.1 Å². The monoisotopic (exact) mass is 314 g/mol. The summed E-state index contributed by atoms with van der Waals surface area (Å²) >= 11 is 0. The second-order valence-electron chi connectivity index (χ2n) is 4.04. The average molecular weight is 314 g/mol. The summed E-state index contributed by atoms with van der Waals surface area (Å²) in [4.78, 5) is 11.7. The summed E-state index contributed by atoms with van der Waals surface area (Å²) in [5.41, 5.74) is -3.42. The molecule has 3 nitrogen and oxygen atoms in total. The van der Waals surface area contributed by atoms with Gasteiger partial charge in [-0.25, -0.2) is 4.79 Å². The summed E-state index contributed by atoms with van der Waals surface area (Å²) in [6.07, 6.45) is -10.9. The first-order valence-electron chi connectivity index (χ1n) is 5.40. The van der Waals surface area contributed by atoms with Gasteiger partial charge in [-0.15, -0.1) is 0 Å². The van der Waals surface area contributed by atoms with Gasteiger partial charge in [0, 0.05) is 13.6 Å². The van der Waals surface area contributed by atoms with Crippen LogP contribution in [-0.4, -0.2) is 18.1 Å². The molecule has 0 bridgehead atoms. The lowest BCUT2D eigenvalue weighted by Gasteiger charge is -2.20. The predicted octanol–water partition coefficient (Wildman–Crippen LogP) is 4.08. The minimum atomic E-state index is -4.99. The number of benzene rings is 1. The van der Waals surface area contributed by atoms with E-state index in [0.717, 1.165) is 7.11 Å². The van der Waals surface area contributed by atoms with Crippen LogP contribution in [0.2, 0.25) is 0 Å². The van der Waals surface area contributed by atoms with Crippen LogP contribution in [-0.2, 0) is 23.6 Å². The molecule has 0 aromatic heterocycles. The minimum absolute atomic E-state index is 0.000449. The topological polar surface area (TPSA) is 29.5 Å². The van der Waals surface area contributed by atoms with Gasteiger partial charge in [0.25, 0.3) is 0 Å². The van der Waals surface area contributed by atoms with E-state index in [1.165, 1.54) is 0 Å². The molecule has 9 heteroatoms. The normalized spacial score (nSPS) is 12.2. The highest BCUT2D eigenvalue weighted by Gasteiger charge is 2.38. The van der Waals surface area contributed by atoms with Gasteiger partial charge in [0.1, 0.15) is 0 Å². The third-order valence-corrected chi connectivity index (χ3v) is 2.54. The molecule has 0 saturated carbocycles. The molecule has 0 atom stereocenters. The summed E-state index contributed by atoms with van der Waals surface area (Å²) in [6.45, 7) is -0.639. The molecule has 21 heavy (non-hydrogen) atoms. The molecular formula is C12H10F6NO2. The minimum Gasteiger partial charge on any atom is -0.453 e. The maximum Gasteiger partial charge on any atom is 0.416 e. The summed E-state index contributed by atoms with van der Waals surface area (Å²) < 4.78 is 80.1. The van der Waals surface area contributed by atoms with Gasteiger partial charge in [0.2, 0.25) is 0 Å². The van der Waals surface area contributed by atoms with Crippen molar-refractivity contribution < 1.29 is 35.9 Å². The molecule has 1 radical (unpaired) electrons. The molecule has 0 fully saturated rings. The third kappa shape index (κ3) is 4.27. The third-order valence-electron chi connectivity index (χ3n) is 2.54. The van der Waals surface area contributed by atoms with Gasteiger partial charge >= 0.3 is 18.4 Å². The van der Waals surface area contributed by atoms with E-state index in [1.807, 2.05) is 0 Å². The van der Waals surface area contributed by atoms with Crippen LogP contribution >= 0.6 is 0 Å². The summed E-state index contributed by atoms with van der Waals surface area (Å²) in [7, 11) is 4.17. The molecule has 0 spiro atoms. The molecular weight excluding hydrogens is 304 g/mol. The number of nitrogens with zero attached hydrogens (tertiary/aromatic N) is 1. The molecule has 0 aliphatic carbocycles. The van der Waals surface area contributed by atoms with Crippen LogP contribution in [0.15, 0.2) is 18.2 Å². The van der Waals surface area contributed by atoms with Crippen molar-refractivity contribution in [1.82, 2.24) is 4.90 Å². The first-order valence-corrected chi connectivity index (χ1v) is 5.40. The number of hydrogen-bond acceptors (Lipinski definition) is 2. The van der Waals surface area contributed by atoms with Crippen LogP contribution in [0.4, 0.5) is 31.1 Å². The Hall–Kier alpha value is -1.93. The Kier molecular flexibility index (Phi) is 4.75. The van der Waals surface area contributed by atoms with Crippen LogP contribution in [0.1, 0.15) is 16.7 Å². The number of alkyl halides is 6. The Balaban J connectivity index is 3.24. The number of methoxy groups -OCH3 is 1. The molecule has 0 saturated heterocycles. The van der Waals surface area contributed by atoms with Gasteiger partial charge < -0.3 is 9.64 Å². The second-order valence-corrected chi connectivity index (χ2v) is 4.04. The fourth-order valence-corrected chi connectivity index (χ4v) is 1.55. The van der Waals surface area contributed by atoms with Gasteiger partial charge in [-0.2, -0.15) is 26.3 Å². The zero-order chi connectivity index (χ0) is 16.4. The van der Waals surface area contributed by atoms with E-state index >= 15 is 0 Å². The van der Waals surface area contributed by atoms with Crippen molar-refractivity contribution in [1.29, 1.82) is 0 Å². The maximum absolute atomic E-state index is 12.8. The van der Waals surface area contributed by atoms with E-state index in [4.69, 9.17) is 0 Å². The molecule has 0 aliphatic heterocycles. The van der Waals surface area contributed by atoms with Crippen LogP contribution in [0, 0.1) is 7.05 Å². The SMILES string of the molecule is [CH2]N(Cc1ccc(C(F)(F)F)cc1C(F)(F)F)C(=O)OC. The van der Waals surface area contributed by atoms with E-state index in [-0.39, 0.29) is 6.07 Å². The van der Waals surface area contributed by atoms with Gasteiger partial charge in [0.05, 0.1) is 18.2 Å². The molecule has 1 rings (SSSR count). The molecule has 1 aromatic rings. The highest BCUT2D eigenvalue weighted by molar-refractivity contribution is 5.67. The van der Waals surface area contributed by atoms with E-state index in [1.54, 1.807) is 0 Å². The Labute approximate surface area is 116 Å². The average Bonchev–Trinajstić information content (AvgIpc) is 2.35. The van der Waals surface area contributed by atoms with Crippen molar-refractivity contribution in [2.45, 2.75) is 18.9 Å². The Morgan fingerprint density at radius 1 is 1.19 bits per heavy atom. The van der Waals surface area contributed by atoms with Gasteiger partial charge in [0.15, 0.2) is 0 Å². The second kappa shape index (κ2) is 5.82. The Bertz CT molecular complexity index is 523. The number of carbonyl (C=O) groups excluding carboxylic acids is 1. The lowest BCUT2D eigenvalue weighted by Crippen LogP contribution is -2.25. The highest BCUT2D eigenvalue weighted by Crippen LogP contribution is 2.37. The smallest absolute Gasteiger partial charge is 0.416 e. The number of halogens is 6. The molecule has 117 valence electrons. The Morgan fingerprint density at radius 3 is 2.19 bits per heavy atom.